The van der Waals surface area contributed by atoms with E-state index in [1.165, 1.54) is 0 Å². The van der Waals surface area contributed by atoms with Crippen molar-refractivity contribution in [1.29, 1.82) is 0 Å². The molecule has 0 aliphatic heterocycles. The smallest absolute Gasteiger partial charge is 0.258 e. The Balaban J connectivity index is 2.57. The molecule has 5 heteroatoms. The van der Waals surface area contributed by atoms with Crippen molar-refractivity contribution in [2.24, 2.45) is 0 Å². The van der Waals surface area contributed by atoms with Crippen LogP contribution in [0.5, 0.6) is 5.75 Å². The lowest BCUT2D eigenvalue weighted by atomic mass is 9.99. The summed E-state index contributed by atoms with van der Waals surface area (Å²) in [6, 6.07) is 5.37. The number of rotatable bonds is 5. The Labute approximate surface area is 118 Å². The van der Waals surface area contributed by atoms with Gasteiger partial charge in [-0.1, -0.05) is 17.7 Å². The Morgan fingerprint density at radius 1 is 1.53 bits per heavy atom. The summed E-state index contributed by atoms with van der Waals surface area (Å²) >= 11 is 5.97. The lowest BCUT2D eigenvalue weighted by molar-refractivity contribution is -0.126. The number of halogens is 1. The number of carbonyl (C=O) groups excluding carboxylic acids is 1. The van der Waals surface area contributed by atoms with Gasteiger partial charge in [-0.3, -0.25) is 4.79 Å². The lowest BCUT2D eigenvalue weighted by Crippen LogP contribution is -2.52. The molecule has 1 aromatic rings. The van der Waals surface area contributed by atoms with E-state index < -0.39 is 11.6 Å². The molecule has 106 valence electrons. The van der Waals surface area contributed by atoms with Crippen LogP contribution in [0.3, 0.4) is 0 Å². The molecule has 0 spiro atoms. The zero-order valence-electron chi connectivity index (χ0n) is 11.7. The van der Waals surface area contributed by atoms with Crippen LogP contribution in [0.4, 0.5) is 0 Å². The second kappa shape index (κ2) is 6.26. The summed E-state index contributed by atoms with van der Waals surface area (Å²) in [4.78, 5) is 11.7. The van der Waals surface area contributed by atoms with Gasteiger partial charge in [0.05, 0.1) is 16.7 Å². The highest BCUT2D eigenvalue weighted by Crippen LogP contribution is 2.25. The van der Waals surface area contributed by atoms with E-state index in [9.17, 15) is 9.90 Å². The standard InChI is InChI=1S/C14H20ClNO3/c1-9-5-6-11(15)12(7-9)19-8-13(18)16-14(3,4)10(2)17/h5-7,10,17H,8H2,1-4H3,(H,16,18). The van der Waals surface area contributed by atoms with E-state index in [0.29, 0.717) is 10.8 Å². The number of carbonyl (C=O) groups is 1. The highest BCUT2D eigenvalue weighted by Gasteiger charge is 2.26. The number of aryl methyl sites for hydroxylation is 1. The third-order valence-electron chi connectivity index (χ3n) is 2.95. The summed E-state index contributed by atoms with van der Waals surface area (Å²) in [6.07, 6.45) is -0.654. The molecule has 1 rings (SSSR count). The molecular weight excluding hydrogens is 266 g/mol. The molecule has 0 saturated carbocycles. The van der Waals surface area contributed by atoms with E-state index >= 15 is 0 Å². The fraction of sp³-hybridized carbons (Fsp3) is 0.500. The van der Waals surface area contributed by atoms with Gasteiger partial charge in [-0.25, -0.2) is 0 Å². The molecule has 0 aliphatic rings. The van der Waals surface area contributed by atoms with Gasteiger partial charge < -0.3 is 15.2 Å². The van der Waals surface area contributed by atoms with E-state index in [1.54, 1.807) is 32.9 Å². The Morgan fingerprint density at radius 2 is 2.16 bits per heavy atom. The minimum Gasteiger partial charge on any atom is -0.482 e. The zero-order chi connectivity index (χ0) is 14.6. The van der Waals surface area contributed by atoms with Crippen LogP contribution in [0, 0.1) is 6.92 Å². The highest BCUT2D eigenvalue weighted by molar-refractivity contribution is 6.32. The second-order valence-electron chi connectivity index (χ2n) is 5.17. The van der Waals surface area contributed by atoms with Gasteiger partial charge in [0.15, 0.2) is 6.61 Å². The fourth-order valence-electron chi connectivity index (χ4n) is 1.36. The summed E-state index contributed by atoms with van der Waals surface area (Å²) in [6.45, 7) is 6.89. The normalized spacial score (nSPS) is 12.9. The number of hydrogen-bond acceptors (Lipinski definition) is 3. The SMILES string of the molecule is Cc1ccc(Cl)c(OCC(=O)NC(C)(C)C(C)O)c1. The number of hydrogen-bond donors (Lipinski definition) is 2. The lowest BCUT2D eigenvalue weighted by Gasteiger charge is -2.29. The zero-order valence-corrected chi connectivity index (χ0v) is 12.4. The van der Waals surface area contributed by atoms with Crippen LogP contribution < -0.4 is 10.1 Å². The summed E-state index contributed by atoms with van der Waals surface area (Å²) in [7, 11) is 0. The number of amides is 1. The molecular formula is C14H20ClNO3. The molecule has 0 radical (unpaired) electrons. The van der Waals surface area contributed by atoms with E-state index in [1.807, 2.05) is 13.0 Å². The molecule has 0 fully saturated rings. The van der Waals surface area contributed by atoms with Crippen molar-refractivity contribution >= 4 is 17.5 Å². The van der Waals surface area contributed by atoms with Gasteiger partial charge in [-0.05, 0) is 45.4 Å². The maximum atomic E-state index is 11.7. The van der Waals surface area contributed by atoms with Gasteiger partial charge in [0.1, 0.15) is 5.75 Å². The number of benzene rings is 1. The van der Waals surface area contributed by atoms with Crippen molar-refractivity contribution in [3.8, 4) is 5.75 Å². The molecule has 1 amide bonds. The van der Waals surface area contributed by atoms with Crippen molar-refractivity contribution in [3.05, 3.63) is 28.8 Å². The Bertz CT molecular complexity index is 458. The Morgan fingerprint density at radius 3 is 2.74 bits per heavy atom. The predicted molar refractivity (Wildman–Crippen MR) is 75.6 cm³/mol. The van der Waals surface area contributed by atoms with Crippen LogP contribution in [-0.4, -0.2) is 29.3 Å². The largest absolute Gasteiger partial charge is 0.482 e. The quantitative estimate of drug-likeness (QED) is 0.873. The molecule has 0 aromatic heterocycles. The number of aliphatic hydroxyl groups excluding tert-OH is 1. The first-order chi connectivity index (χ1) is 8.72. The van der Waals surface area contributed by atoms with Gasteiger partial charge in [-0.2, -0.15) is 0 Å². The van der Waals surface area contributed by atoms with Crippen LogP contribution in [0.15, 0.2) is 18.2 Å². The Hall–Kier alpha value is -1.26. The molecule has 4 nitrogen and oxygen atoms in total. The van der Waals surface area contributed by atoms with Crippen molar-refractivity contribution in [3.63, 3.8) is 0 Å². The summed E-state index contributed by atoms with van der Waals surface area (Å²) in [5.74, 6) is 0.176. The first kappa shape index (κ1) is 15.8. The summed E-state index contributed by atoms with van der Waals surface area (Å²) < 4.78 is 5.38. The predicted octanol–water partition coefficient (Wildman–Crippen LogP) is 2.30. The van der Waals surface area contributed by atoms with Crippen LogP contribution >= 0.6 is 11.6 Å². The Kier molecular flexibility index (Phi) is 5.20. The molecule has 0 bridgehead atoms. The summed E-state index contributed by atoms with van der Waals surface area (Å²) in [5, 5.41) is 12.7. The van der Waals surface area contributed by atoms with Gasteiger partial charge in [0.25, 0.3) is 5.91 Å². The fourth-order valence-corrected chi connectivity index (χ4v) is 1.54. The van der Waals surface area contributed by atoms with Crippen LogP contribution in [0.1, 0.15) is 26.3 Å². The third-order valence-corrected chi connectivity index (χ3v) is 3.26. The van der Waals surface area contributed by atoms with Crippen LogP contribution in [-0.2, 0) is 4.79 Å². The van der Waals surface area contributed by atoms with Crippen molar-refractivity contribution in [2.75, 3.05) is 6.61 Å². The van der Waals surface area contributed by atoms with Gasteiger partial charge in [0, 0.05) is 0 Å². The maximum Gasteiger partial charge on any atom is 0.258 e. The minimum atomic E-state index is -0.698. The van der Waals surface area contributed by atoms with E-state index in [0.717, 1.165) is 5.56 Å². The molecule has 2 N–H and O–H groups in total. The van der Waals surface area contributed by atoms with Crippen molar-refractivity contribution < 1.29 is 14.6 Å². The third kappa shape index (κ3) is 4.73. The van der Waals surface area contributed by atoms with Crippen molar-refractivity contribution in [2.45, 2.75) is 39.3 Å². The van der Waals surface area contributed by atoms with E-state index in [2.05, 4.69) is 5.32 Å². The first-order valence-electron chi connectivity index (χ1n) is 6.10. The molecule has 0 aliphatic carbocycles. The van der Waals surface area contributed by atoms with Crippen molar-refractivity contribution in [1.82, 2.24) is 5.32 Å². The van der Waals surface area contributed by atoms with Crippen LogP contribution in [0.2, 0.25) is 5.02 Å². The van der Waals surface area contributed by atoms with Gasteiger partial charge in [0.2, 0.25) is 0 Å². The first-order valence-corrected chi connectivity index (χ1v) is 6.48. The molecule has 1 unspecified atom stereocenters. The van der Waals surface area contributed by atoms with Crippen LogP contribution in [0.25, 0.3) is 0 Å². The number of aliphatic hydroxyl groups is 1. The van der Waals surface area contributed by atoms with Gasteiger partial charge in [-0.15, -0.1) is 0 Å². The average molecular weight is 286 g/mol. The number of ether oxygens (including phenoxy) is 1. The maximum absolute atomic E-state index is 11.7. The topological polar surface area (TPSA) is 58.6 Å². The molecule has 1 aromatic carbocycles. The minimum absolute atomic E-state index is 0.140. The van der Waals surface area contributed by atoms with Gasteiger partial charge >= 0.3 is 0 Å². The summed E-state index contributed by atoms with van der Waals surface area (Å²) in [5.41, 5.74) is 0.306. The second-order valence-corrected chi connectivity index (χ2v) is 5.58. The average Bonchev–Trinajstić information content (AvgIpc) is 2.29. The monoisotopic (exact) mass is 285 g/mol. The molecule has 0 heterocycles. The van der Waals surface area contributed by atoms with E-state index in [-0.39, 0.29) is 12.5 Å². The van der Waals surface area contributed by atoms with E-state index in [4.69, 9.17) is 16.3 Å². The molecule has 1 atom stereocenters. The molecule has 19 heavy (non-hydrogen) atoms. The highest BCUT2D eigenvalue weighted by atomic mass is 35.5. The number of nitrogens with one attached hydrogen (secondary N) is 1. The molecule has 0 saturated heterocycles.